The van der Waals surface area contributed by atoms with E-state index in [1.807, 2.05) is 12.1 Å². The Morgan fingerprint density at radius 1 is 0.686 bits per heavy atom. The summed E-state index contributed by atoms with van der Waals surface area (Å²) in [5, 5.41) is 3.86. The molecule has 0 aliphatic rings. The van der Waals surface area contributed by atoms with Crippen molar-refractivity contribution in [1.82, 2.24) is 4.57 Å². The van der Waals surface area contributed by atoms with E-state index in [9.17, 15) is 18.0 Å². The van der Waals surface area contributed by atoms with Gasteiger partial charge in [0, 0.05) is 10.8 Å². The third kappa shape index (κ3) is 4.39. The number of para-hydroxylation sites is 4. The van der Waals surface area contributed by atoms with Gasteiger partial charge in [0.05, 0.1) is 27.3 Å². The van der Waals surface area contributed by atoms with E-state index < -0.39 is 10.0 Å². The van der Waals surface area contributed by atoms with Crippen molar-refractivity contribution in [3.8, 4) is 0 Å². The van der Waals surface area contributed by atoms with Crippen molar-refractivity contribution in [2.24, 2.45) is 0 Å². The molecule has 0 fully saturated rings. The van der Waals surface area contributed by atoms with Gasteiger partial charge in [-0.2, -0.15) is 0 Å². The van der Waals surface area contributed by atoms with Crippen molar-refractivity contribution >= 4 is 49.1 Å². The summed E-state index contributed by atoms with van der Waals surface area (Å²) >= 11 is 0. The van der Waals surface area contributed by atoms with Crippen molar-refractivity contribution in [2.45, 2.75) is 11.4 Å². The van der Waals surface area contributed by atoms with Crippen LogP contribution in [-0.2, 0) is 21.4 Å². The number of fused-ring (bicyclic) bond motifs is 2. The van der Waals surface area contributed by atoms with Crippen LogP contribution in [0.25, 0.3) is 21.8 Å². The Balaban J connectivity index is 1.48. The van der Waals surface area contributed by atoms with Crippen LogP contribution in [0.5, 0.6) is 0 Å². The van der Waals surface area contributed by atoms with Gasteiger partial charge in [0.25, 0.3) is 10.0 Å². The van der Waals surface area contributed by atoms with Crippen LogP contribution in [0, 0.1) is 0 Å². The molecular weight excluding hydrogens is 462 g/mol. The fourth-order valence-electron chi connectivity index (χ4n) is 4.07. The maximum Gasteiger partial charge on any atom is 0.261 e. The molecule has 0 saturated carbocycles. The Morgan fingerprint density at radius 3 is 1.83 bits per heavy atom. The molecule has 0 spiro atoms. The summed E-state index contributed by atoms with van der Waals surface area (Å²) in [6, 6.07) is 28.9. The molecular formula is C27H21N3O4S. The van der Waals surface area contributed by atoms with Gasteiger partial charge in [0.2, 0.25) is 5.91 Å². The van der Waals surface area contributed by atoms with Crippen LogP contribution in [0.2, 0.25) is 0 Å². The number of aromatic nitrogens is 1. The largest absolute Gasteiger partial charge is 0.331 e. The first-order valence-electron chi connectivity index (χ1n) is 10.9. The van der Waals surface area contributed by atoms with E-state index in [4.69, 9.17) is 0 Å². The van der Waals surface area contributed by atoms with Crippen LogP contribution in [-0.4, -0.2) is 18.9 Å². The number of hydrogen-bond donors (Lipinski definition) is 2. The van der Waals surface area contributed by atoms with Crippen molar-refractivity contribution in [1.29, 1.82) is 0 Å². The normalized spacial score (nSPS) is 11.4. The summed E-state index contributed by atoms with van der Waals surface area (Å²) in [5.74, 6) is -0.365. The zero-order chi connectivity index (χ0) is 24.4. The molecule has 0 unspecified atom stereocenters. The van der Waals surface area contributed by atoms with Gasteiger partial charge in [-0.25, -0.2) is 8.42 Å². The second-order valence-electron chi connectivity index (χ2n) is 7.96. The zero-order valence-electron chi connectivity index (χ0n) is 18.5. The molecule has 1 aromatic heterocycles. The monoisotopic (exact) mass is 483 g/mol. The Hall–Kier alpha value is -4.43. The summed E-state index contributed by atoms with van der Waals surface area (Å²) in [7, 11) is -3.83. The van der Waals surface area contributed by atoms with E-state index >= 15 is 0 Å². The van der Waals surface area contributed by atoms with E-state index in [0.29, 0.717) is 27.5 Å². The molecule has 5 aromatic rings. The number of carbonyl (C=O) groups excluding carboxylic acids is 1. The maximum absolute atomic E-state index is 13.2. The quantitative estimate of drug-likeness (QED) is 0.345. The number of carbonyl (C=O) groups is 1. The van der Waals surface area contributed by atoms with Gasteiger partial charge < -0.3 is 9.88 Å². The van der Waals surface area contributed by atoms with Crippen molar-refractivity contribution in [2.75, 3.05) is 10.0 Å². The lowest BCUT2D eigenvalue weighted by Crippen LogP contribution is -2.22. The molecule has 174 valence electrons. The average molecular weight is 484 g/mol. The Kier molecular flexibility index (Phi) is 5.80. The lowest BCUT2D eigenvalue weighted by molar-refractivity contribution is -0.116. The van der Waals surface area contributed by atoms with Crippen molar-refractivity contribution < 1.29 is 13.2 Å². The minimum absolute atomic E-state index is 0.0684. The highest BCUT2D eigenvalue weighted by Gasteiger charge is 2.17. The fourth-order valence-corrected chi connectivity index (χ4v) is 5.17. The van der Waals surface area contributed by atoms with Crippen LogP contribution in [0.15, 0.2) is 113 Å². The topological polar surface area (TPSA) is 97.3 Å². The zero-order valence-corrected chi connectivity index (χ0v) is 19.3. The maximum atomic E-state index is 13.2. The number of benzene rings is 4. The molecule has 1 heterocycles. The van der Waals surface area contributed by atoms with E-state index in [1.54, 1.807) is 83.4 Å². The summed E-state index contributed by atoms with van der Waals surface area (Å²) in [6.45, 7) is -0.0684. The Bertz CT molecular complexity index is 1670. The molecule has 5 rings (SSSR count). The van der Waals surface area contributed by atoms with Gasteiger partial charge in [-0.05, 0) is 48.5 Å². The third-order valence-corrected chi connectivity index (χ3v) is 7.06. The lowest BCUT2D eigenvalue weighted by atomic mass is 10.1. The molecule has 0 radical (unpaired) electrons. The molecule has 0 aliphatic carbocycles. The van der Waals surface area contributed by atoms with Gasteiger partial charge >= 0.3 is 0 Å². The summed E-state index contributed by atoms with van der Waals surface area (Å²) < 4.78 is 29.9. The number of rotatable bonds is 6. The predicted molar refractivity (Wildman–Crippen MR) is 138 cm³/mol. The summed E-state index contributed by atoms with van der Waals surface area (Å²) in [6.07, 6.45) is 0. The summed E-state index contributed by atoms with van der Waals surface area (Å²) in [4.78, 5) is 26.2. The van der Waals surface area contributed by atoms with E-state index in [2.05, 4.69) is 10.0 Å². The van der Waals surface area contributed by atoms with E-state index in [0.717, 1.165) is 0 Å². The number of sulfonamides is 1. The third-order valence-electron chi connectivity index (χ3n) is 5.68. The van der Waals surface area contributed by atoms with E-state index in [1.165, 1.54) is 12.1 Å². The number of nitrogens with one attached hydrogen (secondary N) is 2. The first kappa shape index (κ1) is 22.4. The van der Waals surface area contributed by atoms with Gasteiger partial charge in [0.15, 0.2) is 5.43 Å². The lowest BCUT2D eigenvalue weighted by Gasteiger charge is -2.17. The number of nitrogens with zero attached hydrogens (tertiary/aromatic N) is 1. The highest BCUT2D eigenvalue weighted by Crippen LogP contribution is 2.25. The molecule has 8 heteroatoms. The minimum atomic E-state index is -3.83. The molecule has 35 heavy (non-hydrogen) atoms. The number of anilines is 2. The highest BCUT2D eigenvalue weighted by molar-refractivity contribution is 7.92. The molecule has 0 saturated heterocycles. The van der Waals surface area contributed by atoms with Crippen LogP contribution in [0.1, 0.15) is 0 Å². The molecule has 0 atom stereocenters. The molecule has 7 nitrogen and oxygen atoms in total. The standard InChI is InChI=1S/C27H21N3O4S/c31-26(18-30-24-16-8-4-12-20(24)27(32)21-13-5-9-17-25(21)30)28-22-14-6-7-15-23(22)29-35(33,34)19-10-2-1-3-11-19/h1-17,29H,18H2,(H,28,31). The molecule has 2 N–H and O–H groups in total. The van der Waals surface area contributed by atoms with Crippen molar-refractivity contribution in [3.63, 3.8) is 0 Å². The van der Waals surface area contributed by atoms with Crippen LogP contribution < -0.4 is 15.5 Å². The molecule has 1 amide bonds. The first-order chi connectivity index (χ1) is 16.9. The number of hydrogen-bond acceptors (Lipinski definition) is 4. The summed E-state index contributed by atoms with van der Waals surface area (Å²) in [5.41, 5.74) is 1.77. The average Bonchev–Trinajstić information content (AvgIpc) is 2.88. The van der Waals surface area contributed by atoms with Gasteiger partial charge in [-0.3, -0.25) is 14.3 Å². The molecule has 0 aliphatic heterocycles. The van der Waals surface area contributed by atoms with Gasteiger partial charge in [-0.15, -0.1) is 0 Å². The SMILES string of the molecule is O=C(Cn1c2ccccc2c(=O)c2ccccc21)Nc1ccccc1NS(=O)(=O)c1ccccc1. The number of amides is 1. The molecule has 4 aromatic carbocycles. The van der Waals surface area contributed by atoms with E-state index in [-0.39, 0.29) is 28.5 Å². The van der Waals surface area contributed by atoms with Gasteiger partial charge in [-0.1, -0.05) is 54.6 Å². The molecule has 0 bridgehead atoms. The fraction of sp³-hybridized carbons (Fsp3) is 0.0370. The van der Waals surface area contributed by atoms with Crippen LogP contribution in [0.3, 0.4) is 0 Å². The number of pyridine rings is 1. The van der Waals surface area contributed by atoms with Crippen LogP contribution >= 0.6 is 0 Å². The second kappa shape index (κ2) is 9.08. The van der Waals surface area contributed by atoms with Crippen molar-refractivity contribution in [3.05, 3.63) is 113 Å². The Morgan fingerprint density at radius 2 is 1.20 bits per heavy atom. The smallest absolute Gasteiger partial charge is 0.261 e. The second-order valence-corrected chi connectivity index (χ2v) is 9.64. The van der Waals surface area contributed by atoms with Gasteiger partial charge in [0.1, 0.15) is 6.54 Å². The highest BCUT2D eigenvalue weighted by atomic mass is 32.2. The Labute approximate surface area is 201 Å². The predicted octanol–water partition coefficient (Wildman–Crippen LogP) is 4.59. The first-order valence-corrected chi connectivity index (χ1v) is 12.4. The minimum Gasteiger partial charge on any atom is -0.331 e. The van der Waals surface area contributed by atoms with Crippen LogP contribution in [0.4, 0.5) is 11.4 Å².